The first-order chi connectivity index (χ1) is 10.5. The number of rotatable bonds is 5. The summed E-state index contributed by atoms with van der Waals surface area (Å²) in [4.78, 5) is 14.0. The zero-order valence-corrected chi connectivity index (χ0v) is 13.5. The number of benzene rings is 2. The third kappa shape index (κ3) is 5.39. The molecule has 2 aromatic rings. The van der Waals surface area contributed by atoms with Gasteiger partial charge in [-0.3, -0.25) is 0 Å². The van der Waals surface area contributed by atoms with Crippen LogP contribution >= 0.6 is 11.6 Å². The van der Waals surface area contributed by atoms with Crippen molar-refractivity contribution in [3.05, 3.63) is 64.7 Å². The third-order valence-electron chi connectivity index (χ3n) is 3.05. The number of carbonyl (C=O) groups is 1. The molecule has 0 aliphatic rings. The predicted octanol–water partition coefficient (Wildman–Crippen LogP) is 3.72. The van der Waals surface area contributed by atoms with Crippen molar-refractivity contribution < 1.29 is 4.79 Å². The van der Waals surface area contributed by atoms with E-state index in [1.54, 1.807) is 24.3 Å². The van der Waals surface area contributed by atoms with Crippen LogP contribution in [-0.2, 0) is 13.1 Å². The van der Waals surface area contributed by atoms with Crippen LogP contribution in [0.5, 0.6) is 0 Å². The fraction of sp³-hybridized carbons (Fsp3) is 0.235. The summed E-state index contributed by atoms with van der Waals surface area (Å²) in [5.41, 5.74) is 3.01. The number of anilines is 1. The lowest BCUT2D eigenvalue weighted by molar-refractivity contribution is 0.251. The molecular weight excluding hydrogens is 298 g/mol. The molecular formula is C17H20ClN3O. The van der Waals surface area contributed by atoms with Gasteiger partial charge in [-0.05, 0) is 49.5 Å². The summed E-state index contributed by atoms with van der Waals surface area (Å²) in [6.07, 6.45) is 0. The highest BCUT2D eigenvalue weighted by atomic mass is 35.5. The van der Waals surface area contributed by atoms with E-state index in [1.165, 1.54) is 5.56 Å². The molecule has 2 N–H and O–H groups in total. The summed E-state index contributed by atoms with van der Waals surface area (Å²) in [6.45, 7) is 1.37. The van der Waals surface area contributed by atoms with Gasteiger partial charge in [-0.1, -0.05) is 35.9 Å². The van der Waals surface area contributed by atoms with Gasteiger partial charge in [0, 0.05) is 23.8 Å². The van der Waals surface area contributed by atoms with Crippen molar-refractivity contribution >= 4 is 23.3 Å². The van der Waals surface area contributed by atoms with Gasteiger partial charge in [0.05, 0.1) is 0 Å². The van der Waals surface area contributed by atoms with Crippen LogP contribution in [0, 0.1) is 0 Å². The molecule has 2 rings (SSSR count). The third-order valence-corrected chi connectivity index (χ3v) is 3.30. The number of hydrogen-bond acceptors (Lipinski definition) is 2. The molecule has 0 aliphatic heterocycles. The van der Waals surface area contributed by atoms with E-state index in [0.29, 0.717) is 17.3 Å². The second-order valence-electron chi connectivity index (χ2n) is 5.37. The largest absolute Gasteiger partial charge is 0.334 e. The number of carbonyl (C=O) groups excluding carboxylic acids is 1. The average Bonchev–Trinajstić information content (AvgIpc) is 2.47. The fourth-order valence-electron chi connectivity index (χ4n) is 2.09. The molecule has 0 radical (unpaired) electrons. The number of amides is 2. The van der Waals surface area contributed by atoms with Crippen molar-refractivity contribution in [1.82, 2.24) is 10.2 Å². The van der Waals surface area contributed by atoms with E-state index in [2.05, 4.69) is 27.7 Å². The van der Waals surface area contributed by atoms with Crippen molar-refractivity contribution in [2.24, 2.45) is 0 Å². The van der Waals surface area contributed by atoms with Crippen LogP contribution in [0.3, 0.4) is 0 Å². The number of urea groups is 1. The molecule has 0 saturated heterocycles. The van der Waals surface area contributed by atoms with Crippen molar-refractivity contribution in [1.29, 1.82) is 0 Å². The SMILES string of the molecule is CN(C)Cc1cccc(CNC(=O)Nc2ccc(Cl)cc2)c1. The van der Waals surface area contributed by atoms with Crippen molar-refractivity contribution in [3.8, 4) is 0 Å². The van der Waals surface area contributed by atoms with Crippen molar-refractivity contribution in [2.75, 3.05) is 19.4 Å². The Kier molecular flexibility index (Phi) is 5.81. The van der Waals surface area contributed by atoms with Crippen LogP contribution in [0.1, 0.15) is 11.1 Å². The number of hydrogen-bond donors (Lipinski definition) is 2. The molecule has 0 heterocycles. The Labute approximate surface area is 136 Å². The second-order valence-corrected chi connectivity index (χ2v) is 5.81. The van der Waals surface area contributed by atoms with E-state index >= 15 is 0 Å². The lowest BCUT2D eigenvalue weighted by Crippen LogP contribution is -2.28. The smallest absolute Gasteiger partial charge is 0.319 e. The molecule has 0 bridgehead atoms. The molecule has 0 unspecified atom stereocenters. The Morgan fingerprint density at radius 3 is 2.45 bits per heavy atom. The van der Waals surface area contributed by atoms with Crippen LogP contribution in [0.25, 0.3) is 0 Å². The summed E-state index contributed by atoms with van der Waals surface area (Å²) < 4.78 is 0. The van der Waals surface area contributed by atoms with Crippen LogP contribution in [0.15, 0.2) is 48.5 Å². The van der Waals surface area contributed by atoms with Gasteiger partial charge in [-0.15, -0.1) is 0 Å². The van der Waals surface area contributed by atoms with Crippen molar-refractivity contribution in [2.45, 2.75) is 13.1 Å². The Hall–Kier alpha value is -2.04. The maximum absolute atomic E-state index is 11.9. The molecule has 0 fully saturated rings. The van der Waals surface area contributed by atoms with Gasteiger partial charge < -0.3 is 15.5 Å². The first-order valence-electron chi connectivity index (χ1n) is 7.06. The zero-order chi connectivity index (χ0) is 15.9. The van der Waals surface area contributed by atoms with Gasteiger partial charge in [0.2, 0.25) is 0 Å². The van der Waals surface area contributed by atoms with E-state index < -0.39 is 0 Å². The van der Waals surface area contributed by atoms with Crippen LogP contribution in [-0.4, -0.2) is 25.0 Å². The highest BCUT2D eigenvalue weighted by Crippen LogP contribution is 2.13. The predicted molar refractivity (Wildman–Crippen MR) is 91.1 cm³/mol. The summed E-state index contributed by atoms with van der Waals surface area (Å²) in [6, 6.07) is 15.0. The molecule has 4 nitrogen and oxygen atoms in total. The molecule has 0 aromatic heterocycles. The lowest BCUT2D eigenvalue weighted by Gasteiger charge is -2.12. The fourth-order valence-corrected chi connectivity index (χ4v) is 2.22. The minimum atomic E-state index is -0.236. The summed E-state index contributed by atoms with van der Waals surface area (Å²) in [5.74, 6) is 0. The Morgan fingerprint density at radius 2 is 1.77 bits per heavy atom. The first kappa shape index (κ1) is 16.3. The molecule has 0 atom stereocenters. The van der Waals surface area contributed by atoms with Crippen LogP contribution in [0.2, 0.25) is 5.02 Å². The van der Waals surface area contributed by atoms with Crippen molar-refractivity contribution in [3.63, 3.8) is 0 Å². The zero-order valence-electron chi connectivity index (χ0n) is 12.8. The summed E-state index contributed by atoms with van der Waals surface area (Å²) >= 11 is 5.81. The molecule has 2 aromatic carbocycles. The Morgan fingerprint density at radius 1 is 1.09 bits per heavy atom. The van der Waals surface area contributed by atoms with Gasteiger partial charge in [-0.2, -0.15) is 0 Å². The highest BCUT2D eigenvalue weighted by molar-refractivity contribution is 6.30. The summed E-state index contributed by atoms with van der Waals surface area (Å²) in [5, 5.41) is 6.26. The quantitative estimate of drug-likeness (QED) is 0.882. The van der Waals surface area contributed by atoms with Gasteiger partial charge >= 0.3 is 6.03 Å². The van der Waals surface area contributed by atoms with E-state index in [4.69, 9.17) is 11.6 Å². The molecule has 2 amide bonds. The second kappa shape index (κ2) is 7.82. The minimum absolute atomic E-state index is 0.236. The van der Waals surface area contributed by atoms with Gasteiger partial charge in [0.1, 0.15) is 0 Å². The standard InChI is InChI=1S/C17H20ClN3O/c1-21(2)12-14-5-3-4-13(10-14)11-19-17(22)20-16-8-6-15(18)7-9-16/h3-10H,11-12H2,1-2H3,(H2,19,20,22). The van der Waals surface area contributed by atoms with Crippen LogP contribution in [0.4, 0.5) is 10.5 Å². The van der Waals surface area contributed by atoms with E-state index in [-0.39, 0.29) is 6.03 Å². The highest BCUT2D eigenvalue weighted by Gasteiger charge is 2.03. The molecule has 5 heteroatoms. The van der Waals surface area contributed by atoms with Gasteiger partial charge in [-0.25, -0.2) is 4.79 Å². The molecule has 116 valence electrons. The molecule has 0 saturated carbocycles. The normalized spacial score (nSPS) is 10.5. The van der Waals surface area contributed by atoms with Crippen LogP contribution < -0.4 is 10.6 Å². The first-order valence-corrected chi connectivity index (χ1v) is 7.44. The maximum Gasteiger partial charge on any atom is 0.319 e. The topological polar surface area (TPSA) is 44.4 Å². The number of nitrogens with one attached hydrogen (secondary N) is 2. The van der Waals surface area contributed by atoms with E-state index in [0.717, 1.165) is 12.1 Å². The maximum atomic E-state index is 11.9. The van der Waals surface area contributed by atoms with Gasteiger partial charge in [0.15, 0.2) is 0 Å². The number of halogens is 1. The van der Waals surface area contributed by atoms with E-state index in [1.807, 2.05) is 26.2 Å². The molecule has 0 aliphatic carbocycles. The number of nitrogens with zero attached hydrogens (tertiary/aromatic N) is 1. The lowest BCUT2D eigenvalue weighted by atomic mass is 10.1. The molecule has 0 spiro atoms. The Bertz CT molecular complexity index is 626. The average molecular weight is 318 g/mol. The Balaban J connectivity index is 1.86. The van der Waals surface area contributed by atoms with E-state index in [9.17, 15) is 4.79 Å². The monoisotopic (exact) mass is 317 g/mol. The summed E-state index contributed by atoms with van der Waals surface area (Å²) in [7, 11) is 4.06. The molecule has 22 heavy (non-hydrogen) atoms. The minimum Gasteiger partial charge on any atom is -0.334 e. The van der Waals surface area contributed by atoms with Gasteiger partial charge in [0.25, 0.3) is 0 Å².